The van der Waals surface area contributed by atoms with Crippen molar-refractivity contribution < 1.29 is 17.9 Å². The van der Waals surface area contributed by atoms with Crippen LogP contribution in [0.4, 0.5) is 5.69 Å². The van der Waals surface area contributed by atoms with Gasteiger partial charge in [0.1, 0.15) is 5.75 Å². The van der Waals surface area contributed by atoms with Crippen molar-refractivity contribution in [2.75, 3.05) is 31.3 Å². The molecule has 0 unspecified atom stereocenters. The van der Waals surface area contributed by atoms with Gasteiger partial charge in [-0.1, -0.05) is 0 Å². The summed E-state index contributed by atoms with van der Waals surface area (Å²) in [6.07, 6.45) is 0.452. The molecule has 1 N–H and O–H groups in total. The summed E-state index contributed by atoms with van der Waals surface area (Å²) in [5.74, 6) is 0.609. The summed E-state index contributed by atoms with van der Waals surface area (Å²) in [6, 6.07) is 5.09. The molecule has 102 valence electrons. The first-order chi connectivity index (χ1) is 8.48. The number of halogens is 1. The van der Waals surface area contributed by atoms with Gasteiger partial charge in [-0.15, -0.1) is 0 Å². The highest BCUT2D eigenvalue weighted by Crippen LogP contribution is 2.27. The zero-order chi connectivity index (χ0) is 13.6. The summed E-state index contributed by atoms with van der Waals surface area (Å²) < 4.78 is 36.6. The van der Waals surface area contributed by atoms with Crippen molar-refractivity contribution in [1.82, 2.24) is 0 Å². The molecule has 0 aliphatic heterocycles. The van der Waals surface area contributed by atoms with Crippen LogP contribution >= 0.6 is 15.9 Å². The Bertz CT molecular complexity index is 490. The SMILES string of the molecule is COCCCS(=O)(=O)Nc1cc(OC)ccc1Br. The predicted octanol–water partition coefficient (Wildman–Crippen LogP) is 2.24. The molecule has 0 spiro atoms. The average molecular weight is 338 g/mol. The lowest BCUT2D eigenvalue weighted by atomic mass is 10.3. The quantitative estimate of drug-likeness (QED) is 0.775. The topological polar surface area (TPSA) is 64.6 Å². The van der Waals surface area contributed by atoms with E-state index < -0.39 is 10.0 Å². The number of nitrogens with one attached hydrogen (secondary N) is 1. The minimum absolute atomic E-state index is 0.0183. The number of ether oxygens (including phenoxy) is 2. The van der Waals surface area contributed by atoms with E-state index in [-0.39, 0.29) is 5.75 Å². The summed E-state index contributed by atoms with van der Waals surface area (Å²) in [6.45, 7) is 0.417. The van der Waals surface area contributed by atoms with Crippen LogP contribution in [0.25, 0.3) is 0 Å². The molecule has 0 aliphatic rings. The second kappa shape index (κ2) is 6.96. The van der Waals surface area contributed by atoms with Crippen LogP contribution in [0.2, 0.25) is 0 Å². The van der Waals surface area contributed by atoms with Crippen molar-refractivity contribution in [1.29, 1.82) is 0 Å². The molecule has 1 aromatic rings. The van der Waals surface area contributed by atoms with E-state index >= 15 is 0 Å². The van der Waals surface area contributed by atoms with Crippen LogP contribution < -0.4 is 9.46 Å². The van der Waals surface area contributed by atoms with Crippen molar-refractivity contribution in [2.24, 2.45) is 0 Å². The van der Waals surface area contributed by atoms with Gasteiger partial charge >= 0.3 is 0 Å². The normalized spacial score (nSPS) is 11.3. The molecule has 0 radical (unpaired) electrons. The molecule has 5 nitrogen and oxygen atoms in total. The third-order valence-corrected chi connectivity index (χ3v) is 4.25. The Morgan fingerprint density at radius 1 is 1.33 bits per heavy atom. The molecule has 1 aromatic carbocycles. The van der Waals surface area contributed by atoms with Gasteiger partial charge in [0.2, 0.25) is 10.0 Å². The van der Waals surface area contributed by atoms with E-state index in [1.165, 1.54) is 7.11 Å². The zero-order valence-corrected chi connectivity index (χ0v) is 12.7. The van der Waals surface area contributed by atoms with E-state index in [1.54, 1.807) is 25.3 Å². The van der Waals surface area contributed by atoms with Gasteiger partial charge in [0.25, 0.3) is 0 Å². The highest BCUT2D eigenvalue weighted by atomic mass is 79.9. The Morgan fingerprint density at radius 2 is 2.06 bits per heavy atom. The highest BCUT2D eigenvalue weighted by Gasteiger charge is 2.12. The van der Waals surface area contributed by atoms with E-state index in [9.17, 15) is 8.42 Å². The van der Waals surface area contributed by atoms with E-state index in [0.29, 0.717) is 28.9 Å². The number of hydrogen-bond acceptors (Lipinski definition) is 4. The van der Waals surface area contributed by atoms with E-state index in [2.05, 4.69) is 20.7 Å². The Kier molecular flexibility index (Phi) is 5.90. The van der Waals surface area contributed by atoms with Gasteiger partial charge in [0.05, 0.1) is 18.6 Å². The maximum Gasteiger partial charge on any atom is 0.232 e. The van der Waals surface area contributed by atoms with Crippen LogP contribution in [0.15, 0.2) is 22.7 Å². The number of anilines is 1. The summed E-state index contributed by atoms with van der Waals surface area (Å²) in [7, 11) is -0.302. The fraction of sp³-hybridized carbons (Fsp3) is 0.455. The second-order valence-corrected chi connectivity index (χ2v) is 6.31. The maximum atomic E-state index is 11.8. The van der Waals surface area contributed by atoms with Crippen LogP contribution in [-0.2, 0) is 14.8 Å². The van der Waals surface area contributed by atoms with Gasteiger partial charge in [-0.05, 0) is 34.5 Å². The summed E-state index contributed by atoms with van der Waals surface area (Å²) in [5.41, 5.74) is 0.465. The molecule has 0 bridgehead atoms. The average Bonchev–Trinajstić information content (AvgIpc) is 2.32. The van der Waals surface area contributed by atoms with Crippen LogP contribution in [-0.4, -0.2) is 35.0 Å². The smallest absolute Gasteiger partial charge is 0.232 e. The summed E-state index contributed by atoms with van der Waals surface area (Å²) in [4.78, 5) is 0. The first-order valence-electron chi connectivity index (χ1n) is 5.31. The molecule has 1 rings (SSSR count). The monoisotopic (exact) mass is 337 g/mol. The molecule has 18 heavy (non-hydrogen) atoms. The molecular weight excluding hydrogens is 322 g/mol. The maximum absolute atomic E-state index is 11.8. The van der Waals surface area contributed by atoms with Gasteiger partial charge in [-0.2, -0.15) is 0 Å². The first-order valence-corrected chi connectivity index (χ1v) is 7.76. The van der Waals surface area contributed by atoms with Gasteiger partial charge in [-0.3, -0.25) is 4.72 Å². The van der Waals surface area contributed by atoms with Crippen molar-refractivity contribution in [3.63, 3.8) is 0 Å². The Labute approximate surface area is 116 Å². The van der Waals surface area contributed by atoms with Crippen molar-refractivity contribution in [3.05, 3.63) is 22.7 Å². The number of rotatable bonds is 7. The molecule has 0 aliphatic carbocycles. The second-order valence-electron chi connectivity index (χ2n) is 3.61. The Morgan fingerprint density at radius 3 is 2.67 bits per heavy atom. The third-order valence-electron chi connectivity index (χ3n) is 2.20. The highest BCUT2D eigenvalue weighted by molar-refractivity contribution is 9.10. The number of sulfonamides is 1. The lowest BCUT2D eigenvalue weighted by Crippen LogP contribution is -2.18. The van der Waals surface area contributed by atoms with Crippen LogP contribution in [0, 0.1) is 0 Å². The first kappa shape index (κ1) is 15.3. The van der Waals surface area contributed by atoms with E-state index in [0.717, 1.165) is 0 Å². The molecular formula is C11H16BrNO4S. The van der Waals surface area contributed by atoms with Crippen molar-refractivity contribution in [2.45, 2.75) is 6.42 Å². The lowest BCUT2D eigenvalue weighted by molar-refractivity contribution is 0.199. The predicted molar refractivity (Wildman–Crippen MR) is 74.6 cm³/mol. The van der Waals surface area contributed by atoms with Crippen molar-refractivity contribution in [3.8, 4) is 5.75 Å². The van der Waals surface area contributed by atoms with Crippen LogP contribution in [0.1, 0.15) is 6.42 Å². The molecule has 0 saturated carbocycles. The van der Waals surface area contributed by atoms with Crippen LogP contribution in [0.3, 0.4) is 0 Å². The number of methoxy groups -OCH3 is 2. The number of hydrogen-bond donors (Lipinski definition) is 1. The number of benzene rings is 1. The minimum Gasteiger partial charge on any atom is -0.497 e. The summed E-state index contributed by atoms with van der Waals surface area (Å²) >= 11 is 3.29. The van der Waals surface area contributed by atoms with Gasteiger partial charge in [0, 0.05) is 24.3 Å². The van der Waals surface area contributed by atoms with Gasteiger partial charge in [0.15, 0.2) is 0 Å². The zero-order valence-electron chi connectivity index (χ0n) is 10.3. The minimum atomic E-state index is -3.37. The van der Waals surface area contributed by atoms with Gasteiger partial charge < -0.3 is 9.47 Å². The molecule has 0 saturated heterocycles. The van der Waals surface area contributed by atoms with E-state index in [4.69, 9.17) is 9.47 Å². The van der Waals surface area contributed by atoms with Gasteiger partial charge in [-0.25, -0.2) is 8.42 Å². The largest absolute Gasteiger partial charge is 0.497 e. The third kappa shape index (κ3) is 4.83. The molecule has 0 atom stereocenters. The standard InChI is InChI=1S/C11H16BrNO4S/c1-16-6-3-7-18(14,15)13-11-8-9(17-2)4-5-10(11)12/h4-5,8,13H,3,6-7H2,1-2H3. The molecule has 7 heteroatoms. The fourth-order valence-electron chi connectivity index (χ4n) is 1.32. The fourth-order valence-corrected chi connectivity index (χ4v) is 2.90. The molecule has 0 amide bonds. The lowest BCUT2D eigenvalue weighted by Gasteiger charge is -2.11. The Hall–Kier alpha value is -0.790. The van der Waals surface area contributed by atoms with Crippen molar-refractivity contribution >= 4 is 31.6 Å². The van der Waals surface area contributed by atoms with Crippen LogP contribution in [0.5, 0.6) is 5.75 Å². The Balaban J connectivity index is 2.76. The molecule has 0 fully saturated rings. The molecule has 0 aromatic heterocycles. The summed E-state index contributed by atoms with van der Waals surface area (Å²) in [5, 5.41) is 0. The van der Waals surface area contributed by atoms with E-state index in [1.807, 2.05) is 0 Å². The molecule has 0 heterocycles.